The van der Waals surface area contributed by atoms with Crippen molar-refractivity contribution < 1.29 is 0 Å². The summed E-state index contributed by atoms with van der Waals surface area (Å²) in [6.07, 6.45) is 12.5. The molecule has 3 heteroatoms. The van der Waals surface area contributed by atoms with Crippen molar-refractivity contribution in [1.29, 1.82) is 0 Å². The summed E-state index contributed by atoms with van der Waals surface area (Å²) in [7, 11) is 0. The van der Waals surface area contributed by atoms with Gasteiger partial charge in [0, 0.05) is 11.1 Å². The lowest BCUT2D eigenvalue weighted by molar-refractivity contribution is 1.15. The zero-order valence-electron chi connectivity index (χ0n) is 7.92. The molecule has 0 unspecified atom stereocenters. The highest BCUT2D eigenvalue weighted by Gasteiger charge is 1.93. The van der Waals surface area contributed by atoms with Gasteiger partial charge >= 0.3 is 0 Å². The highest BCUT2D eigenvalue weighted by Crippen LogP contribution is 2.17. The molecule has 0 amide bonds. The lowest BCUT2D eigenvalue weighted by atomic mass is 10.3. The van der Waals surface area contributed by atoms with Crippen molar-refractivity contribution in [3.8, 4) is 12.3 Å². The summed E-state index contributed by atoms with van der Waals surface area (Å²) in [5, 5.41) is 0. The number of aromatic nitrogens is 2. The largest absolute Gasteiger partial charge is 0.245 e. The van der Waals surface area contributed by atoms with Gasteiger partial charge in [-0.2, -0.15) is 0 Å². The van der Waals surface area contributed by atoms with Gasteiger partial charge < -0.3 is 0 Å². The minimum absolute atomic E-state index is 0.889. The van der Waals surface area contributed by atoms with Gasteiger partial charge in [0.05, 0.1) is 10.6 Å². The molecule has 2 rings (SSSR count). The van der Waals surface area contributed by atoms with Crippen molar-refractivity contribution in [3.05, 3.63) is 46.2 Å². The Kier molecular flexibility index (Phi) is 2.91. The molecule has 0 aliphatic rings. The SMILES string of the molecule is C#Cc1ccc(/C=C/c2ccncn2)s1. The molecule has 2 heterocycles. The Morgan fingerprint density at radius 3 is 2.87 bits per heavy atom. The first-order valence-corrected chi connectivity index (χ1v) is 5.20. The van der Waals surface area contributed by atoms with Crippen molar-refractivity contribution >= 4 is 23.5 Å². The molecule has 2 nitrogen and oxygen atoms in total. The monoisotopic (exact) mass is 212 g/mol. The maximum atomic E-state index is 5.29. The van der Waals surface area contributed by atoms with Crippen LogP contribution < -0.4 is 0 Å². The van der Waals surface area contributed by atoms with Gasteiger partial charge in [-0.05, 0) is 30.4 Å². The normalized spacial score (nSPS) is 10.3. The second kappa shape index (κ2) is 4.54. The maximum Gasteiger partial charge on any atom is 0.115 e. The summed E-state index contributed by atoms with van der Waals surface area (Å²) in [5.74, 6) is 2.60. The third kappa shape index (κ3) is 2.52. The summed E-state index contributed by atoms with van der Waals surface area (Å²) < 4.78 is 0. The highest BCUT2D eigenvalue weighted by atomic mass is 32.1. The first-order chi connectivity index (χ1) is 7.38. The Morgan fingerprint density at radius 2 is 2.20 bits per heavy atom. The van der Waals surface area contributed by atoms with Gasteiger partial charge in [-0.15, -0.1) is 17.8 Å². The molecule has 0 bridgehead atoms. The van der Waals surface area contributed by atoms with E-state index in [1.165, 1.54) is 6.33 Å². The van der Waals surface area contributed by atoms with E-state index in [0.29, 0.717) is 0 Å². The predicted octanol–water partition coefficient (Wildman–Crippen LogP) is 2.69. The highest BCUT2D eigenvalue weighted by molar-refractivity contribution is 7.13. The molecule has 0 aliphatic heterocycles. The smallest absolute Gasteiger partial charge is 0.115 e. The number of hydrogen-bond acceptors (Lipinski definition) is 3. The first kappa shape index (κ1) is 9.63. The first-order valence-electron chi connectivity index (χ1n) is 4.39. The zero-order chi connectivity index (χ0) is 10.5. The Hall–Kier alpha value is -1.92. The molecule has 0 radical (unpaired) electrons. The molecule has 2 aromatic rings. The van der Waals surface area contributed by atoms with Crippen LogP contribution in [0.5, 0.6) is 0 Å². The van der Waals surface area contributed by atoms with Crippen LogP contribution in [0.2, 0.25) is 0 Å². The van der Waals surface area contributed by atoms with Gasteiger partial charge in [0.2, 0.25) is 0 Å². The summed E-state index contributed by atoms with van der Waals surface area (Å²) in [6.45, 7) is 0. The van der Waals surface area contributed by atoms with Crippen LogP contribution in [-0.4, -0.2) is 9.97 Å². The van der Waals surface area contributed by atoms with Crippen molar-refractivity contribution in [3.63, 3.8) is 0 Å². The average Bonchev–Trinajstić information content (AvgIpc) is 2.76. The molecule has 2 aromatic heterocycles. The van der Waals surface area contributed by atoms with Crippen LogP contribution >= 0.6 is 11.3 Å². The Morgan fingerprint density at radius 1 is 1.27 bits per heavy atom. The molecule has 0 N–H and O–H groups in total. The molecule has 0 saturated heterocycles. The maximum absolute atomic E-state index is 5.29. The van der Waals surface area contributed by atoms with Gasteiger partial charge in [-0.3, -0.25) is 0 Å². The van der Waals surface area contributed by atoms with E-state index in [-0.39, 0.29) is 0 Å². The van der Waals surface area contributed by atoms with Gasteiger partial charge in [0.15, 0.2) is 0 Å². The Labute approximate surface area is 92.3 Å². The van der Waals surface area contributed by atoms with Gasteiger partial charge in [-0.1, -0.05) is 5.92 Å². The number of rotatable bonds is 2. The minimum atomic E-state index is 0.889. The Balaban J connectivity index is 2.16. The number of terminal acetylenes is 1. The third-order valence-electron chi connectivity index (χ3n) is 1.79. The van der Waals surface area contributed by atoms with Crippen molar-refractivity contribution in [2.45, 2.75) is 0 Å². The second-order valence-corrected chi connectivity index (χ2v) is 3.93. The van der Waals surface area contributed by atoms with Gasteiger partial charge in [0.1, 0.15) is 6.33 Å². The molecular weight excluding hydrogens is 204 g/mol. The molecule has 15 heavy (non-hydrogen) atoms. The van der Waals surface area contributed by atoms with Crippen molar-refractivity contribution in [1.82, 2.24) is 9.97 Å². The van der Waals surface area contributed by atoms with Crippen LogP contribution in [0.1, 0.15) is 15.4 Å². The molecule has 0 aromatic carbocycles. The minimum Gasteiger partial charge on any atom is -0.245 e. The fraction of sp³-hybridized carbons (Fsp3) is 0. The van der Waals surface area contributed by atoms with Crippen molar-refractivity contribution in [2.24, 2.45) is 0 Å². The fourth-order valence-corrected chi connectivity index (χ4v) is 1.81. The molecule has 0 fully saturated rings. The quantitative estimate of drug-likeness (QED) is 0.715. The Bertz CT molecular complexity index is 506. The summed E-state index contributed by atoms with van der Waals surface area (Å²) >= 11 is 1.59. The lowest BCUT2D eigenvalue weighted by Crippen LogP contribution is -1.79. The van der Waals surface area contributed by atoms with Crippen LogP contribution in [-0.2, 0) is 0 Å². The second-order valence-electron chi connectivity index (χ2n) is 2.81. The van der Waals surface area contributed by atoms with E-state index in [4.69, 9.17) is 6.42 Å². The molecular formula is C12H8N2S. The molecule has 0 aliphatic carbocycles. The van der Waals surface area contributed by atoms with Crippen LogP contribution in [0.3, 0.4) is 0 Å². The standard InChI is InChI=1S/C12H8N2S/c1-2-11-5-6-12(15-11)4-3-10-7-8-13-9-14-10/h1,3-9H/b4-3+. The number of nitrogens with zero attached hydrogens (tertiary/aromatic N) is 2. The molecule has 0 atom stereocenters. The molecule has 0 saturated carbocycles. The zero-order valence-corrected chi connectivity index (χ0v) is 8.74. The topological polar surface area (TPSA) is 25.8 Å². The number of hydrogen-bond donors (Lipinski definition) is 0. The lowest BCUT2D eigenvalue weighted by Gasteiger charge is -1.88. The van der Waals surface area contributed by atoms with E-state index in [9.17, 15) is 0 Å². The summed E-state index contributed by atoms with van der Waals surface area (Å²) in [6, 6.07) is 5.79. The fourth-order valence-electron chi connectivity index (χ4n) is 1.09. The van der Waals surface area contributed by atoms with E-state index in [0.717, 1.165) is 15.4 Å². The number of thiophene rings is 1. The van der Waals surface area contributed by atoms with Crippen LogP contribution in [0.15, 0.2) is 30.7 Å². The van der Waals surface area contributed by atoms with Gasteiger partial charge in [-0.25, -0.2) is 9.97 Å². The summed E-state index contributed by atoms with van der Waals surface area (Å²) in [4.78, 5) is 10.0. The van der Waals surface area contributed by atoms with Crippen molar-refractivity contribution in [2.75, 3.05) is 0 Å². The van der Waals surface area contributed by atoms with Crippen LogP contribution in [0.25, 0.3) is 12.2 Å². The van der Waals surface area contributed by atoms with E-state index < -0.39 is 0 Å². The average molecular weight is 212 g/mol. The predicted molar refractivity (Wildman–Crippen MR) is 63.2 cm³/mol. The van der Waals surface area contributed by atoms with Crippen LogP contribution in [0.4, 0.5) is 0 Å². The molecule has 72 valence electrons. The van der Waals surface area contributed by atoms with Crippen LogP contribution in [0, 0.1) is 12.3 Å². The van der Waals surface area contributed by atoms with E-state index in [2.05, 4.69) is 15.9 Å². The van der Waals surface area contributed by atoms with E-state index in [1.54, 1.807) is 17.5 Å². The third-order valence-corrected chi connectivity index (χ3v) is 2.77. The molecule has 0 spiro atoms. The van der Waals surface area contributed by atoms with E-state index >= 15 is 0 Å². The van der Waals surface area contributed by atoms with Gasteiger partial charge in [0.25, 0.3) is 0 Å². The van der Waals surface area contributed by atoms with E-state index in [1.807, 2.05) is 30.4 Å². The summed E-state index contributed by atoms with van der Waals surface area (Å²) in [5.41, 5.74) is 0.889.